The predicted molar refractivity (Wildman–Crippen MR) is 169 cm³/mol. The van der Waals surface area contributed by atoms with Crippen molar-refractivity contribution < 1.29 is 0 Å². The van der Waals surface area contributed by atoms with Crippen LogP contribution in [0.1, 0.15) is 62.5 Å². The maximum absolute atomic E-state index is 8.83. The van der Waals surface area contributed by atoms with E-state index in [1.807, 2.05) is 0 Å². The Morgan fingerprint density at radius 2 is 0.925 bits per heavy atom. The third kappa shape index (κ3) is 6.90. The highest BCUT2D eigenvalue weighted by Crippen LogP contribution is 2.50. The highest BCUT2D eigenvalue weighted by molar-refractivity contribution is 9.09. The van der Waals surface area contributed by atoms with Gasteiger partial charge in [-0.25, -0.2) is 0 Å². The Morgan fingerprint density at radius 1 is 0.550 bits per heavy atom. The summed E-state index contributed by atoms with van der Waals surface area (Å²) in [5.41, 5.74) is 20.4. The number of rotatable bonds is 6. The molecular weight excluding hydrogens is 628 g/mol. The van der Waals surface area contributed by atoms with Crippen LogP contribution >= 0.6 is 31.9 Å². The van der Waals surface area contributed by atoms with Gasteiger partial charge in [0.1, 0.15) is 0 Å². The van der Waals surface area contributed by atoms with Gasteiger partial charge in [0, 0.05) is 31.6 Å². The zero-order chi connectivity index (χ0) is 27.9. The molecule has 10 unspecified atom stereocenters. The topological polar surface area (TPSA) is 97.5 Å². The molecule has 0 aromatic heterocycles. The van der Waals surface area contributed by atoms with E-state index in [2.05, 4.69) is 113 Å². The van der Waals surface area contributed by atoms with Crippen LogP contribution < -0.4 is 0 Å². The fourth-order valence-electron chi connectivity index (χ4n) is 8.43. The Balaban J connectivity index is 0.000000161. The first-order valence-corrected chi connectivity index (χ1v) is 16.9. The largest absolute Gasteiger partial charge is 0.0903 e. The zero-order valence-electron chi connectivity index (χ0n) is 23.1. The van der Waals surface area contributed by atoms with Gasteiger partial charge in [-0.2, -0.15) is 0 Å². The van der Waals surface area contributed by atoms with Crippen LogP contribution in [0.4, 0.5) is 0 Å². The van der Waals surface area contributed by atoms with Crippen LogP contribution in [-0.2, 0) is 12.8 Å². The number of benzene rings is 2. The van der Waals surface area contributed by atoms with Gasteiger partial charge in [-0.05, 0) is 122 Å². The maximum atomic E-state index is 8.83. The van der Waals surface area contributed by atoms with E-state index in [1.54, 1.807) is 0 Å². The standard InChI is InChI=1S/2C16H20BrN3/c17-15-8-6-13-14(10-11-4-2-1-3-5-11)12(15)7-9-16(13)19-20-18;17-15-8-9-16(19-20-18)13-7-6-12(15)14(13)10-11-4-2-1-3-5-11/h2*1-5,12-16H,6-10H2. The van der Waals surface area contributed by atoms with E-state index in [0.717, 1.165) is 43.9 Å². The maximum Gasteiger partial charge on any atom is 0.0405 e. The molecule has 0 heterocycles. The van der Waals surface area contributed by atoms with Crippen molar-refractivity contribution in [1.29, 1.82) is 0 Å². The molecule has 8 heteroatoms. The Hall–Kier alpha value is -1.98. The van der Waals surface area contributed by atoms with Crippen molar-refractivity contribution in [1.82, 2.24) is 0 Å². The lowest BCUT2D eigenvalue weighted by Gasteiger charge is -2.48. The molecule has 0 spiro atoms. The minimum Gasteiger partial charge on any atom is -0.0903 e. The Kier molecular flexibility index (Phi) is 10.5. The summed E-state index contributed by atoms with van der Waals surface area (Å²) in [7, 11) is 0. The zero-order valence-corrected chi connectivity index (χ0v) is 26.2. The van der Waals surface area contributed by atoms with Gasteiger partial charge in [0.2, 0.25) is 0 Å². The SMILES string of the molecule is [N-]=[N+]=NC1CCC(Br)C2CCC1C2Cc1ccccc1.[N-]=[N+]=NC1CCC2C(Br)CCC1C2Cc1ccccc1. The molecule has 0 aliphatic heterocycles. The van der Waals surface area contributed by atoms with Gasteiger partial charge in [-0.1, -0.05) is 103 Å². The monoisotopic (exact) mass is 666 g/mol. The quantitative estimate of drug-likeness (QED) is 0.127. The molecule has 2 aromatic rings. The van der Waals surface area contributed by atoms with E-state index >= 15 is 0 Å². The molecule has 4 aliphatic carbocycles. The first-order chi connectivity index (χ1) is 19.6. The van der Waals surface area contributed by atoms with Crippen LogP contribution in [0, 0.1) is 35.5 Å². The van der Waals surface area contributed by atoms with Gasteiger partial charge in [0.05, 0.1) is 0 Å². The van der Waals surface area contributed by atoms with Crippen molar-refractivity contribution in [2.75, 3.05) is 0 Å². The second-order valence-electron chi connectivity index (χ2n) is 12.2. The number of azide groups is 2. The van der Waals surface area contributed by atoms with Crippen LogP contribution in [0.5, 0.6) is 0 Å². The fourth-order valence-corrected chi connectivity index (χ4v) is 10.3. The van der Waals surface area contributed by atoms with Gasteiger partial charge in [0.25, 0.3) is 0 Å². The summed E-state index contributed by atoms with van der Waals surface area (Å²) >= 11 is 7.77. The van der Waals surface area contributed by atoms with Gasteiger partial charge in [-0.3, -0.25) is 0 Å². The molecule has 6 nitrogen and oxygen atoms in total. The number of hydrogen-bond acceptors (Lipinski definition) is 2. The van der Waals surface area contributed by atoms with Crippen molar-refractivity contribution >= 4 is 31.9 Å². The summed E-state index contributed by atoms with van der Waals surface area (Å²) in [5, 5.41) is 8.19. The molecule has 4 saturated carbocycles. The average molecular weight is 669 g/mol. The van der Waals surface area contributed by atoms with Gasteiger partial charge in [0.15, 0.2) is 0 Å². The molecule has 0 amide bonds. The van der Waals surface area contributed by atoms with E-state index in [9.17, 15) is 0 Å². The summed E-state index contributed by atoms with van der Waals surface area (Å²) in [4.78, 5) is 7.40. The summed E-state index contributed by atoms with van der Waals surface area (Å²) in [5.74, 6) is 3.91. The number of alkyl halides is 2. The second kappa shape index (κ2) is 14.3. The minimum absolute atomic E-state index is 0.196. The van der Waals surface area contributed by atoms with Crippen LogP contribution in [0.2, 0.25) is 0 Å². The molecule has 40 heavy (non-hydrogen) atoms. The molecule has 212 valence electrons. The molecule has 6 rings (SSSR count). The molecule has 0 N–H and O–H groups in total. The third-order valence-electron chi connectivity index (χ3n) is 10.3. The fraction of sp³-hybridized carbons (Fsp3) is 0.625. The lowest BCUT2D eigenvalue weighted by atomic mass is 9.61. The summed E-state index contributed by atoms with van der Waals surface area (Å²) in [6.07, 6.45) is 11.6. The first kappa shape index (κ1) is 29.5. The molecular formula is C32H40Br2N6. The normalized spacial score (nSPS) is 36.1. The van der Waals surface area contributed by atoms with Crippen molar-refractivity contribution in [3.8, 4) is 0 Å². The van der Waals surface area contributed by atoms with Gasteiger partial charge >= 0.3 is 0 Å². The number of halogens is 2. The number of fused-ring (bicyclic) bond motifs is 4. The molecule has 4 aliphatic rings. The summed E-state index contributed by atoms with van der Waals surface area (Å²) in [6, 6.07) is 21.9. The number of hydrogen-bond donors (Lipinski definition) is 0. The average Bonchev–Trinajstić information content (AvgIpc) is 3.33. The van der Waals surface area contributed by atoms with Crippen molar-refractivity contribution in [2.45, 2.75) is 85.9 Å². The molecule has 0 saturated heterocycles. The van der Waals surface area contributed by atoms with Gasteiger partial charge < -0.3 is 0 Å². The first-order valence-electron chi connectivity index (χ1n) is 15.0. The second-order valence-corrected chi connectivity index (χ2v) is 14.6. The van der Waals surface area contributed by atoms with E-state index in [4.69, 9.17) is 11.1 Å². The molecule has 10 atom stereocenters. The van der Waals surface area contributed by atoms with Crippen LogP contribution in [0.25, 0.3) is 20.9 Å². The van der Waals surface area contributed by atoms with Crippen LogP contribution in [-0.4, -0.2) is 21.7 Å². The van der Waals surface area contributed by atoms with E-state index in [1.165, 1.54) is 43.2 Å². The summed E-state index contributed by atoms with van der Waals surface area (Å²) < 4.78 is 0. The third-order valence-corrected chi connectivity index (χ3v) is 12.6. The van der Waals surface area contributed by atoms with Crippen LogP contribution in [0.3, 0.4) is 0 Å². The lowest BCUT2D eigenvalue weighted by Crippen LogP contribution is -2.45. The van der Waals surface area contributed by atoms with Crippen LogP contribution in [0.15, 0.2) is 70.9 Å². The predicted octanol–water partition coefficient (Wildman–Crippen LogP) is 10.2. The highest BCUT2D eigenvalue weighted by atomic mass is 79.9. The minimum atomic E-state index is 0.196. The van der Waals surface area contributed by atoms with Crippen molar-refractivity contribution in [2.24, 2.45) is 45.7 Å². The lowest BCUT2D eigenvalue weighted by molar-refractivity contribution is 0.0817. The van der Waals surface area contributed by atoms with E-state index < -0.39 is 0 Å². The smallest absolute Gasteiger partial charge is 0.0405 e. The Labute approximate surface area is 255 Å². The number of nitrogens with zero attached hydrogens (tertiary/aromatic N) is 6. The Bertz CT molecular complexity index is 1140. The highest BCUT2D eigenvalue weighted by Gasteiger charge is 2.46. The van der Waals surface area contributed by atoms with Crippen molar-refractivity contribution in [3.05, 3.63) is 92.7 Å². The molecule has 2 aromatic carbocycles. The summed E-state index contributed by atoms with van der Waals surface area (Å²) in [6.45, 7) is 0. The van der Waals surface area contributed by atoms with Crippen molar-refractivity contribution in [3.63, 3.8) is 0 Å². The Morgan fingerprint density at radius 3 is 1.40 bits per heavy atom. The molecule has 4 fully saturated rings. The molecule has 4 bridgehead atoms. The van der Waals surface area contributed by atoms with E-state index in [0.29, 0.717) is 33.3 Å². The molecule has 0 radical (unpaired) electrons. The van der Waals surface area contributed by atoms with E-state index in [-0.39, 0.29) is 12.1 Å². The van der Waals surface area contributed by atoms with Gasteiger partial charge in [-0.15, -0.1) is 0 Å².